The molecule has 0 radical (unpaired) electrons. The topological polar surface area (TPSA) is 69.6 Å². The molecule has 5 nitrogen and oxygen atoms in total. The molecule has 2 unspecified atom stereocenters. The first kappa shape index (κ1) is 15.8. The smallest absolute Gasteiger partial charge is 0.317 e. The quantitative estimate of drug-likeness (QED) is 0.823. The van der Waals surface area contributed by atoms with Crippen molar-refractivity contribution in [3.63, 3.8) is 0 Å². The predicted molar refractivity (Wildman–Crippen MR) is 74.0 cm³/mol. The highest BCUT2D eigenvalue weighted by Gasteiger charge is 2.31. The van der Waals surface area contributed by atoms with E-state index in [0.717, 1.165) is 19.3 Å². The van der Waals surface area contributed by atoms with E-state index in [9.17, 15) is 9.59 Å². The van der Waals surface area contributed by atoms with E-state index in [2.05, 4.69) is 12.2 Å². The second kappa shape index (κ2) is 6.26. The van der Waals surface area contributed by atoms with Gasteiger partial charge in [-0.05, 0) is 32.6 Å². The van der Waals surface area contributed by atoms with Crippen molar-refractivity contribution in [2.45, 2.75) is 52.5 Å². The summed E-state index contributed by atoms with van der Waals surface area (Å²) in [6.45, 7) is 5.54. The van der Waals surface area contributed by atoms with Gasteiger partial charge in [-0.1, -0.05) is 19.8 Å². The third kappa shape index (κ3) is 4.11. The lowest BCUT2D eigenvalue weighted by Crippen LogP contribution is -2.50. The average Bonchev–Trinajstić information content (AvgIpc) is 2.35. The number of carboxylic acids is 1. The number of carbonyl (C=O) groups excluding carboxylic acids is 1. The number of urea groups is 1. The molecular formula is C14H26N2O3. The number of hydrogen-bond donors (Lipinski definition) is 2. The van der Waals surface area contributed by atoms with Crippen LogP contribution in [-0.2, 0) is 4.79 Å². The molecule has 1 saturated carbocycles. The van der Waals surface area contributed by atoms with Crippen LogP contribution in [-0.4, -0.2) is 41.6 Å². The van der Waals surface area contributed by atoms with Gasteiger partial charge in [0.25, 0.3) is 0 Å². The Morgan fingerprint density at radius 3 is 2.42 bits per heavy atom. The summed E-state index contributed by atoms with van der Waals surface area (Å²) < 4.78 is 0. The molecule has 0 bridgehead atoms. The molecule has 1 aliphatic carbocycles. The minimum Gasteiger partial charge on any atom is -0.481 e. The van der Waals surface area contributed by atoms with Crippen LogP contribution in [0.4, 0.5) is 4.79 Å². The summed E-state index contributed by atoms with van der Waals surface area (Å²) in [6, 6.07) is 0.0924. The molecule has 110 valence electrons. The monoisotopic (exact) mass is 270 g/mol. The van der Waals surface area contributed by atoms with Crippen molar-refractivity contribution in [1.82, 2.24) is 10.2 Å². The number of carbonyl (C=O) groups is 2. The van der Waals surface area contributed by atoms with Crippen molar-refractivity contribution in [2.75, 3.05) is 13.6 Å². The molecular weight excluding hydrogens is 244 g/mol. The van der Waals surface area contributed by atoms with Crippen LogP contribution in [0.3, 0.4) is 0 Å². The number of rotatable bonds is 4. The number of carboxylic acid groups (broad SMARTS) is 1. The van der Waals surface area contributed by atoms with Crippen LogP contribution in [0, 0.1) is 11.3 Å². The molecule has 0 aliphatic heterocycles. The van der Waals surface area contributed by atoms with E-state index in [1.807, 2.05) is 0 Å². The highest BCUT2D eigenvalue weighted by molar-refractivity contribution is 5.77. The number of nitrogens with zero attached hydrogens (tertiary/aromatic N) is 1. The van der Waals surface area contributed by atoms with Crippen LogP contribution < -0.4 is 5.32 Å². The van der Waals surface area contributed by atoms with Crippen molar-refractivity contribution in [3.8, 4) is 0 Å². The molecule has 0 spiro atoms. The van der Waals surface area contributed by atoms with E-state index >= 15 is 0 Å². The number of aliphatic carboxylic acids is 1. The minimum atomic E-state index is -0.936. The lowest BCUT2D eigenvalue weighted by atomic mass is 9.85. The maximum Gasteiger partial charge on any atom is 0.317 e. The molecule has 0 saturated heterocycles. The Labute approximate surface area is 115 Å². The zero-order valence-corrected chi connectivity index (χ0v) is 12.4. The number of hydrogen-bond acceptors (Lipinski definition) is 2. The van der Waals surface area contributed by atoms with Crippen LogP contribution in [0.15, 0.2) is 0 Å². The van der Waals surface area contributed by atoms with Crippen LogP contribution in [0.1, 0.15) is 46.5 Å². The average molecular weight is 270 g/mol. The Hall–Kier alpha value is -1.26. The third-order valence-corrected chi connectivity index (χ3v) is 4.14. The van der Waals surface area contributed by atoms with Crippen LogP contribution in [0.5, 0.6) is 0 Å². The second-order valence-corrected chi connectivity index (χ2v) is 6.29. The zero-order valence-electron chi connectivity index (χ0n) is 12.4. The maximum absolute atomic E-state index is 12.1. The number of nitrogens with one attached hydrogen (secondary N) is 1. The summed E-state index contributed by atoms with van der Waals surface area (Å²) in [5, 5.41) is 11.7. The summed E-state index contributed by atoms with van der Waals surface area (Å²) in [6.07, 6.45) is 4.59. The van der Waals surface area contributed by atoms with Crippen molar-refractivity contribution >= 4 is 12.0 Å². The molecule has 0 aromatic rings. The van der Waals surface area contributed by atoms with E-state index in [-0.39, 0.29) is 18.6 Å². The molecule has 0 heterocycles. The zero-order chi connectivity index (χ0) is 14.6. The van der Waals surface area contributed by atoms with Gasteiger partial charge < -0.3 is 15.3 Å². The summed E-state index contributed by atoms with van der Waals surface area (Å²) >= 11 is 0. The van der Waals surface area contributed by atoms with Gasteiger partial charge in [0, 0.05) is 19.6 Å². The van der Waals surface area contributed by atoms with Gasteiger partial charge >= 0.3 is 12.0 Å². The van der Waals surface area contributed by atoms with Gasteiger partial charge in [-0.2, -0.15) is 0 Å². The lowest BCUT2D eigenvalue weighted by molar-refractivity contribution is -0.146. The van der Waals surface area contributed by atoms with Crippen LogP contribution in [0.25, 0.3) is 0 Å². The molecule has 1 aliphatic rings. The van der Waals surface area contributed by atoms with Crippen LogP contribution in [0.2, 0.25) is 0 Å². The van der Waals surface area contributed by atoms with Crippen molar-refractivity contribution < 1.29 is 14.7 Å². The van der Waals surface area contributed by atoms with Crippen LogP contribution >= 0.6 is 0 Å². The van der Waals surface area contributed by atoms with Crippen molar-refractivity contribution in [1.29, 1.82) is 0 Å². The Morgan fingerprint density at radius 2 is 1.89 bits per heavy atom. The Morgan fingerprint density at radius 1 is 1.32 bits per heavy atom. The van der Waals surface area contributed by atoms with Gasteiger partial charge in [0.15, 0.2) is 0 Å². The first-order chi connectivity index (χ1) is 8.75. The van der Waals surface area contributed by atoms with Gasteiger partial charge in [0.05, 0.1) is 5.41 Å². The van der Waals surface area contributed by atoms with E-state index in [1.54, 1.807) is 25.8 Å². The molecule has 1 fully saturated rings. The fraction of sp³-hybridized carbons (Fsp3) is 0.857. The van der Waals surface area contributed by atoms with E-state index in [1.165, 1.54) is 6.42 Å². The first-order valence-electron chi connectivity index (χ1n) is 7.00. The van der Waals surface area contributed by atoms with Crippen molar-refractivity contribution in [2.24, 2.45) is 11.3 Å². The SMILES string of the molecule is CC1CCCCC1N(C)C(=O)NCC(C)(C)C(=O)O. The lowest BCUT2D eigenvalue weighted by Gasteiger charge is -2.36. The Balaban J connectivity index is 2.51. The number of amides is 2. The Bertz CT molecular complexity index is 342. The first-order valence-corrected chi connectivity index (χ1v) is 7.00. The van der Waals surface area contributed by atoms with E-state index < -0.39 is 11.4 Å². The molecule has 5 heteroatoms. The highest BCUT2D eigenvalue weighted by Crippen LogP contribution is 2.27. The van der Waals surface area contributed by atoms with Gasteiger partial charge in [0.1, 0.15) is 0 Å². The second-order valence-electron chi connectivity index (χ2n) is 6.29. The molecule has 2 atom stereocenters. The molecule has 0 aromatic heterocycles. The summed E-state index contributed by atoms with van der Waals surface area (Å²) in [5.41, 5.74) is -0.936. The van der Waals surface area contributed by atoms with Gasteiger partial charge in [-0.3, -0.25) is 4.79 Å². The summed E-state index contributed by atoms with van der Waals surface area (Å²) in [5.74, 6) is -0.390. The normalized spacial score (nSPS) is 23.8. The summed E-state index contributed by atoms with van der Waals surface area (Å²) in [4.78, 5) is 24.8. The van der Waals surface area contributed by atoms with Gasteiger partial charge in [-0.15, -0.1) is 0 Å². The molecule has 2 N–H and O–H groups in total. The van der Waals surface area contributed by atoms with Crippen molar-refractivity contribution in [3.05, 3.63) is 0 Å². The van der Waals surface area contributed by atoms with Gasteiger partial charge in [0.2, 0.25) is 0 Å². The molecule has 0 aromatic carbocycles. The largest absolute Gasteiger partial charge is 0.481 e. The van der Waals surface area contributed by atoms with E-state index in [4.69, 9.17) is 5.11 Å². The van der Waals surface area contributed by atoms with E-state index in [0.29, 0.717) is 5.92 Å². The predicted octanol–water partition coefficient (Wildman–Crippen LogP) is 2.32. The van der Waals surface area contributed by atoms with Gasteiger partial charge in [-0.25, -0.2) is 4.79 Å². The third-order valence-electron chi connectivity index (χ3n) is 4.14. The fourth-order valence-corrected chi connectivity index (χ4v) is 2.52. The molecule has 1 rings (SSSR count). The highest BCUT2D eigenvalue weighted by atomic mass is 16.4. The summed E-state index contributed by atoms with van der Waals surface area (Å²) in [7, 11) is 1.80. The standard InChI is InChI=1S/C14H26N2O3/c1-10-7-5-6-8-11(10)16(4)13(19)15-9-14(2,3)12(17)18/h10-11H,5-9H2,1-4H3,(H,15,19)(H,17,18). The maximum atomic E-state index is 12.1. The molecule has 2 amide bonds. The Kier molecular flexibility index (Phi) is 5.20. The molecule has 19 heavy (non-hydrogen) atoms. The minimum absolute atomic E-state index is 0.145. The fourth-order valence-electron chi connectivity index (χ4n) is 2.52.